The summed E-state index contributed by atoms with van der Waals surface area (Å²) >= 11 is 3.29. The summed E-state index contributed by atoms with van der Waals surface area (Å²) in [7, 11) is 2.92. The van der Waals surface area contributed by atoms with E-state index in [1.807, 2.05) is 0 Å². The van der Waals surface area contributed by atoms with Crippen molar-refractivity contribution in [1.29, 1.82) is 0 Å². The third kappa shape index (κ3) is 3.60. The van der Waals surface area contributed by atoms with Crippen LogP contribution in [-0.2, 0) is 0 Å². The van der Waals surface area contributed by atoms with E-state index in [0.717, 1.165) is 0 Å². The van der Waals surface area contributed by atoms with Crippen molar-refractivity contribution in [2.75, 3.05) is 25.3 Å². The van der Waals surface area contributed by atoms with Crippen molar-refractivity contribution in [3.8, 4) is 11.8 Å². The van der Waals surface area contributed by atoms with Gasteiger partial charge < -0.3 is 15.2 Å². The molecule has 0 bridgehead atoms. The van der Waals surface area contributed by atoms with Crippen LogP contribution >= 0.6 is 15.9 Å². The van der Waals surface area contributed by atoms with Gasteiger partial charge in [-0.25, -0.2) is 0 Å². The third-order valence-corrected chi connectivity index (χ3v) is 3.25. The first kappa shape index (κ1) is 15.0. The SMILES string of the molecule is COc1cc(OC)nc(NC(=O)c2cc(N)ccc2Br)n1. The number of carbonyl (C=O) groups is 1. The molecule has 2 aromatic rings. The van der Waals surface area contributed by atoms with E-state index in [9.17, 15) is 4.79 Å². The van der Waals surface area contributed by atoms with Crippen LogP contribution in [0.3, 0.4) is 0 Å². The molecule has 0 aliphatic rings. The second kappa shape index (κ2) is 6.40. The maximum absolute atomic E-state index is 12.2. The minimum absolute atomic E-state index is 0.0746. The Bertz CT molecular complexity index is 656. The molecule has 0 aliphatic carbocycles. The number of halogens is 1. The van der Waals surface area contributed by atoms with Crippen molar-refractivity contribution < 1.29 is 14.3 Å². The number of nitrogens with zero attached hydrogens (tertiary/aromatic N) is 2. The van der Waals surface area contributed by atoms with Gasteiger partial charge in [0.15, 0.2) is 0 Å². The number of rotatable bonds is 4. The number of benzene rings is 1. The van der Waals surface area contributed by atoms with Gasteiger partial charge in [0.2, 0.25) is 17.7 Å². The van der Waals surface area contributed by atoms with Crippen molar-refractivity contribution in [3.63, 3.8) is 0 Å². The van der Waals surface area contributed by atoms with Crippen molar-refractivity contribution in [2.24, 2.45) is 0 Å². The molecule has 110 valence electrons. The fourth-order valence-corrected chi connectivity index (χ4v) is 1.98. The second-order valence-corrected chi connectivity index (χ2v) is 4.82. The molecule has 1 amide bonds. The van der Waals surface area contributed by atoms with Crippen LogP contribution in [0.25, 0.3) is 0 Å². The van der Waals surface area contributed by atoms with Crippen LogP contribution in [0.4, 0.5) is 11.6 Å². The summed E-state index contributed by atoms with van der Waals surface area (Å²) < 4.78 is 10.6. The van der Waals surface area contributed by atoms with Crippen molar-refractivity contribution in [3.05, 3.63) is 34.3 Å². The van der Waals surface area contributed by atoms with Crippen LogP contribution < -0.4 is 20.5 Å². The summed E-state index contributed by atoms with van der Waals surface area (Å²) in [6.07, 6.45) is 0. The second-order valence-electron chi connectivity index (χ2n) is 3.97. The van der Waals surface area contributed by atoms with E-state index in [1.54, 1.807) is 18.2 Å². The monoisotopic (exact) mass is 352 g/mol. The van der Waals surface area contributed by atoms with Crippen LogP contribution in [0, 0.1) is 0 Å². The highest BCUT2D eigenvalue weighted by atomic mass is 79.9. The minimum Gasteiger partial charge on any atom is -0.481 e. The zero-order chi connectivity index (χ0) is 15.4. The molecule has 3 N–H and O–H groups in total. The molecular formula is C13H13BrN4O3. The van der Waals surface area contributed by atoms with E-state index in [-0.39, 0.29) is 17.7 Å². The lowest BCUT2D eigenvalue weighted by Gasteiger charge is -2.09. The summed E-state index contributed by atoms with van der Waals surface area (Å²) in [5.41, 5.74) is 6.53. The standard InChI is InChI=1S/C13H13BrN4O3/c1-20-10-6-11(21-2)17-13(16-10)18-12(19)8-5-7(15)3-4-9(8)14/h3-6H,15H2,1-2H3,(H,16,17,18,19). The summed E-state index contributed by atoms with van der Waals surface area (Å²) in [5, 5.41) is 2.57. The van der Waals surface area contributed by atoms with Crippen molar-refractivity contribution in [1.82, 2.24) is 9.97 Å². The molecule has 0 aliphatic heterocycles. The lowest BCUT2D eigenvalue weighted by atomic mass is 10.2. The first-order valence-electron chi connectivity index (χ1n) is 5.87. The molecule has 0 spiro atoms. The summed E-state index contributed by atoms with van der Waals surface area (Å²) in [5.74, 6) is 0.239. The van der Waals surface area contributed by atoms with Gasteiger partial charge in [-0.15, -0.1) is 0 Å². The van der Waals surface area contributed by atoms with Crippen LogP contribution in [0.15, 0.2) is 28.7 Å². The molecule has 1 heterocycles. The van der Waals surface area contributed by atoms with Gasteiger partial charge in [0.25, 0.3) is 5.91 Å². The number of carbonyl (C=O) groups excluding carboxylic acids is 1. The number of hydrogen-bond acceptors (Lipinski definition) is 6. The van der Waals surface area contributed by atoms with E-state index in [2.05, 4.69) is 31.2 Å². The van der Waals surface area contributed by atoms with Gasteiger partial charge in [0.1, 0.15) is 0 Å². The highest BCUT2D eigenvalue weighted by Crippen LogP contribution is 2.22. The Hall–Kier alpha value is -2.35. The normalized spacial score (nSPS) is 10.0. The highest BCUT2D eigenvalue weighted by Gasteiger charge is 2.14. The van der Waals surface area contributed by atoms with Gasteiger partial charge in [0.05, 0.1) is 25.8 Å². The zero-order valence-corrected chi connectivity index (χ0v) is 13.0. The van der Waals surface area contributed by atoms with Crippen molar-refractivity contribution in [2.45, 2.75) is 0 Å². The van der Waals surface area contributed by atoms with Gasteiger partial charge in [-0.1, -0.05) is 0 Å². The predicted molar refractivity (Wildman–Crippen MR) is 81.6 cm³/mol. The molecule has 21 heavy (non-hydrogen) atoms. The lowest BCUT2D eigenvalue weighted by Crippen LogP contribution is -2.15. The number of nitrogens with one attached hydrogen (secondary N) is 1. The van der Waals surface area contributed by atoms with E-state index >= 15 is 0 Å². The Labute approximate surface area is 129 Å². The van der Waals surface area contributed by atoms with Crippen LogP contribution in [0.5, 0.6) is 11.8 Å². The average Bonchev–Trinajstić information content (AvgIpc) is 2.49. The molecule has 1 aromatic heterocycles. The molecule has 0 atom stereocenters. The topological polar surface area (TPSA) is 99.4 Å². The third-order valence-electron chi connectivity index (χ3n) is 2.56. The van der Waals surface area contributed by atoms with E-state index in [1.165, 1.54) is 20.3 Å². The minimum atomic E-state index is -0.399. The number of nitrogen functional groups attached to an aromatic ring is 1. The number of hydrogen-bond donors (Lipinski definition) is 2. The van der Waals surface area contributed by atoms with Gasteiger partial charge in [-0.3, -0.25) is 10.1 Å². The summed E-state index contributed by atoms with van der Waals surface area (Å²) in [6, 6.07) is 6.44. The quantitative estimate of drug-likeness (QED) is 0.817. The molecule has 8 heteroatoms. The summed E-state index contributed by atoms with van der Waals surface area (Å²) in [4.78, 5) is 20.3. The van der Waals surface area contributed by atoms with Crippen molar-refractivity contribution >= 4 is 33.5 Å². The fourth-order valence-electron chi connectivity index (χ4n) is 1.55. The first-order chi connectivity index (χ1) is 10.0. The van der Waals surface area contributed by atoms with E-state index in [0.29, 0.717) is 15.7 Å². The highest BCUT2D eigenvalue weighted by molar-refractivity contribution is 9.10. The Morgan fingerprint density at radius 2 is 1.81 bits per heavy atom. The van der Waals surface area contributed by atoms with Gasteiger partial charge in [0, 0.05) is 10.2 Å². The number of amides is 1. The molecular weight excluding hydrogens is 340 g/mol. The molecule has 7 nitrogen and oxygen atoms in total. The molecule has 0 fully saturated rings. The Morgan fingerprint density at radius 1 is 1.19 bits per heavy atom. The van der Waals surface area contributed by atoms with Crippen LogP contribution in [0.2, 0.25) is 0 Å². The predicted octanol–water partition coefficient (Wildman–Crippen LogP) is 2.09. The molecule has 0 saturated heterocycles. The van der Waals surface area contributed by atoms with Crippen LogP contribution in [-0.4, -0.2) is 30.1 Å². The molecule has 0 unspecified atom stereocenters. The smallest absolute Gasteiger partial charge is 0.259 e. The number of aromatic nitrogens is 2. The van der Waals surface area contributed by atoms with Crippen LogP contribution in [0.1, 0.15) is 10.4 Å². The Balaban J connectivity index is 2.28. The Morgan fingerprint density at radius 3 is 2.38 bits per heavy atom. The molecule has 2 rings (SSSR count). The Kier molecular flexibility index (Phi) is 4.59. The number of anilines is 2. The molecule has 0 radical (unpaired) electrons. The maximum atomic E-state index is 12.2. The number of methoxy groups -OCH3 is 2. The van der Waals surface area contributed by atoms with Gasteiger partial charge in [-0.05, 0) is 34.1 Å². The van der Waals surface area contributed by atoms with E-state index in [4.69, 9.17) is 15.2 Å². The summed E-state index contributed by atoms with van der Waals surface area (Å²) in [6.45, 7) is 0. The zero-order valence-electron chi connectivity index (χ0n) is 11.4. The molecule has 0 saturated carbocycles. The fraction of sp³-hybridized carbons (Fsp3) is 0.154. The van der Waals surface area contributed by atoms with Gasteiger partial charge in [-0.2, -0.15) is 9.97 Å². The molecule has 1 aromatic carbocycles. The average molecular weight is 353 g/mol. The van der Waals surface area contributed by atoms with Gasteiger partial charge >= 0.3 is 0 Å². The first-order valence-corrected chi connectivity index (χ1v) is 6.66. The lowest BCUT2D eigenvalue weighted by molar-refractivity contribution is 0.102. The maximum Gasteiger partial charge on any atom is 0.259 e. The largest absolute Gasteiger partial charge is 0.481 e. The van der Waals surface area contributed by atoms with E-state index < -0.39 is 5.91 Å². The number of nitrogens with two attached hydrogens (primary N) is 1. The number of ether oxygens (including phenoxy) is 2.